The Labute approximate surface area is 253 Å². The molecule has 0 saturated carbocycles. The van der Waals surface area contributed by atoms with E-state index in [4.69, 9.17) is 4.74 Å². The van der Waals surface area contributed by atoms with E-state index in [1.165, 1.54) is 18.3 Å². The topological polar surface area (TPSA) is 117 Å². The van der Waals surface area contributed by atoms with Crippen molar-refractivity contribution in [2.75, 3.05) is 17.5 Å². The van der Waals surface area contributed by atoms with Crippen LogP contribution in [0.1, 0.15) is 24.1 Å². The van der Waals surface area contributed by atoms with Crippen molar-refractivity contribution in [3.63, 3.8) is 0 Å². The van der Waals surface area contributed by atoms with Gasteiger partial charge in [0.2, 0.25) is 0 Å². The number of rotatable bonds is 12. The van der Waals surface area contributed by atoms with Gasteiger partial charge in [0.25, 0.3) is 21.8 Å². The van der Waals surface area contributed by atoms with Crippen LogP contribution >= 0.6 is 15.9 Å². The second-order valence-electron chi connectivity index (χ2n) is 9.15. The largest absolute Gasteiger partial charge is 0.484 e. The molecule has 0 aliphatic carbocycles. The van der Waals surface area contributed by atoms with E-state index in [1.54, 1.807) is 66.7 Å². The van der Waals surface area contributed by atoms with Crippen molar-refractivity contribution >= 4 is 49.7 Å². The minimum atomic E-state index is -4.01. The molecule has 0 aromatic heterocycles. The first-order chi connectivity index (χ1) is 20.2. The lowest BCUT2D eigenvalue weighted by atomic mass is 10.1. The highest BCUT2D eigenvalue weighted by Crippen LogP contribution is 2.25. The fourth-order valence-corrected chi connectivity index (χ4v) is 5.60. The van der Waals surface area contributed by atoms with E-state index in [-0.39, 0.29) is 23.5 Å². The number of sulfonamides is 1. The van der Waals surface area contributed by atoms with Crippen molar-refractivity contribution in [3.05, 3.63) is 125 Å². The van der Waals surface area contributed by atoms with Crippen LogP contribution in [0.4, 0.5) is 5.69 Å². The van der Waals surface area contributed by atoms with Gasteiger partial charge in [-0.15, -0.1) is 0 Å². The first-order valence-corrected chi connectivity index (χ1v) is 15.2. The molecule has 2 N–H and O–H groups in total. The molecule has 9 nitrogen and oxygen atoms in total. The van der Waals surface area contributed by atoms with Crippen LogP contribution in [0.15, 0.2) is 124 Å². The molecule has 0 radical (unpaired) electrons. The molecule has 1 atom stereocenters. The third-order valence-corrected chi connectivity index (χ3v) is 8.38. The van der Waals surface area contributed by atoms with E-state index in [0.717, 1.165) is 14.3 Å². The van der Waals surface area contributed by atoms with E-state index >= 15 is 0 Å². The molecule has 0 unspecified atom stereocenters. The van der Waals surface area contributed by atoms with Crippen LogP contribution in [0.25, 0.3) is 0 Å². The van der Waals surface area contributed by atoms with Gasteiger partial charge in [0, 0.05) is 4.47 Å². The smallest absolute Gasteiger partial charge is 0.264 e. The molecule has 4 aromatic carbocycles. The zero-order valence-corrected chi connectivity index (χ0v) is 25.1. The molecule has 42 heavy (non-hydrogen) atoms. The van der Waals surface area contributed by atoms with Crippen LogP contribution in [0.2, 0.25) is 0 Å². The Hall–Kier alpha value is -4.48. The molecule has 0 fully saturated rings. The van der Waals surface area contributed by atoms with Crippen molar-refractivity contribution in [3.8, 4) is 5.75 Å². The van der Waals surface area contributed by atoms with Crippen LogP contribution in [-0.4, -0.2) is 39.6 Å². The van der Waals surface area contributed by atoms with Crippen molar-refractivity contribution in [1.29, 1.82) is 0 Å². The summed E-state index contributed by atoms with van der Waals surface area (Å²) in [6, 6.07) is 30.8. The van der Waals surface area contributed by atoms with E-state index < -0.39 is 22.5 Å². The summed E-state index contributed by atoms with van der Waals surface area (Å²) in [5, 5.41) is 6.86. The van der Waals surface area contributed by atoms with Crippen molar-refractivity contribution in [1.82, 2.24) is 10.7 Å². The molecule has 0 aliphatic rings. The number of halogens is 1. The van der Waals surface area contributed by atoms with Crippen LogP contribution in [0, 0.1) is 0 Å². The Morgan fingerprint density at radius 2 is 1.50 bits per heavy atom. The Balaban J connectivity index is 1.32. The fraction of sp³-hybridized carbons (Fsp3) is 0.129. The standard InChI is InChI=1S/C31H29BrN4O5S/c1-23(25-8-4-2-5-9-25)34-31(38)22-41-28-18-12-24(13-19-28)20-33-35-30(37)21-36(27-16-14-26(32)15-17-27)42(39,40)29-10-6-3-7-11-29/h2-20,23H,21-22H2,1H3,(H,34,38)(H,35,37)/b33-20-/t23-/m0/s1. The Kier molecular flexibility index (Phi) is 10.5. The van der Waals surface area contributed by atoms with E-state index in [2.05, 4.69) is 31.8 Å². The van der Waals surface area contributed by atoms with Crippen LogP contribution < -0.4 is 19.8 Å². The van der Waals surface area contributed by atoms with Gasteiger partial charge in [0.1, 0.15) is 12.3 Å². The number of hydrazone groups is 1. The fourth-order valence-electron chi connectivity index (χ4n) is 3.89. The van der Waals surface area contributed by atoms with Crippen LogP contribution in [-0.2, 0) is 19.6 Å². The van der Waals surface area contributed by atoms with Gasteiger partial charge >= 0.3 is 0 Å². The molecule has 0 heterocycles. The number of hydrogen-bond acceptors (Lipinski definition) is 6. The molecule has 0 aliphatic heterocycles. The first kappa shape index (κ1) is 30.5. The summed E-state index contributed by atoms with van der Waals surface area (Å²) in [5.41, 5.74) is 4.38. The molecule has 0 bridgehead atoms. The average Bonchev–Trinajstić information content (AvgIpc) is 3.01. The zero-order chi connectivity index (χ0) is 30.0. The normalized spacial score (nSPS) is 12.0. The number of ether oxygens (including phenoxy) is 1. The van der Waals surface area contributed by atoms with Gasteiger partial charge in [0.15, 0.2) is 6.61 Å². The maximum absolute atomic E-state index is 13.4. The van der Waals surface area contributed by atoms with Gasteiger partial charge in [-0.25, -0.2) is 13.8 Å². The summed E-state index contributed by atoms with van der Waals surface area (Å²) < 4.78 is 34.1. The van der Waals surface area contributed by atoms with E-state index in [9.17, 15) is 18.0 Å². The van der Waals surface area contributed by atoms with Gasteiger partial charge in [-0.2, -0.15) is 5.10 Å². The number of nitrogens with one attached hydrogen (secondary N) is 2. The zero-order valence-electron chi connectivity index (χ0n) is 22.7. The number of anilines is 1. The SMILES string of the molecule is C[C@H](NC(=O)COc1ccc(/C=N\NC(=O)CN(c2ccc(Br)cc2)S(=O)(=O)c2ccccc2)cc1)c1ccccc1. The third kappa shape index (κ3) is 8.51. The molecule has 2 amide bonds. The highest BCUT2D eigenvalue weighted by atomic mass is 79.9. The Morgan fingerprint density at radius 3 is 2.14 bits per heavy atom. The summed E-state index contributed by atoms with van der Waals surface area (Å²) in [6.07, 6.45) is 1.42. The summed E-state index contributed by atoms with van der Waals surface area (Å²) in [7, 11) is -4.01. The molecular weight excluding hydrogens is 620 g/mol. The maximum Gasteiger partial charge on any atom is 0.264 e. The number of amides is 2. The number of carbonyl (C=O) groups excluding carboxylic acids is 2. The molecule has 11 heteroatoms. The minimum Gasteiger partial charge on any atom is -0.484 e. The minimum absolute atomic E-state index is 0.0646. The molecule has 4 rings (SSSR count). The van der Waals surface area contributed by atoms with Crippen molar-refractivity contribution < 1.29 is 22.7 Å². The van der Waals surface area contributed by atoms with Crippen molar-refractivity contribution in [2.45, 2.75) is 17.9 Å². The second-order valence-corrected chi connectivity index (χ2v) is 11.9. The van der Waals surface area contributed by atoms with Crippen molar-refractivity contribution in [2.24, 2.45) is 5.10 Å². The number of nitrogens with zero attached hydrogens (tertiary/aromatic N) is 2. The van der Waals surface area contributed by atoms with Crippen LogP contribution in [0.5, 0.6) is 5.75 Å². The van der Waals surface area contributed by atoms with Gasteiger partial charge in [0.05, 0.1) is 22.8 Å². The number of hydrogen-bond donors (Lipinski definition) is 2. The summed E-state index contributed by atoms with van der Waals surface area (Å²) >= 11 is 3.34. The van der Waals surface area contributed by atoms with E-state index in [1.807, 2.05) is 37.3 Å². The predicted molar refractivity (Wildman–Crippen MR) is 166 cm³/mol. The third-order valence-electron chi connectivity index (χ3n) is 6.06. The summed E-state index contributed by atoms with van der Waals surface area (Å²) in [4.78, 5) is 25.1. The summed E-state index contributed by atoms with van der Waals surface area (Å²) in [5.74, 6) is -0.370. The lowest BCUT2D eigenvalue weighted by Gasteiger charge is -2.23. The Morgan fingerprint density at radius 1 is 0.881 bits per heavy atom. The monoisotopic (exact) mass is 648 g/mol. The molecule has 0 saturated heterocycles. The number of carbonyl (C=O) groups is 2. The molecule has 4 aromatic rings. The highest BCUT2D eigenvalue weighted by molar-refractivity contribution is 9.10. The second kappa shape index (κ2) is 14.4. The van der Waals surface area contributed by atoms with Gasteiger partial charge in [-0.05, 0) is 78.7 Å². The van der Waals surface area contributed by atoms with Gasteiger partial charge in [-0.3, -0.25) is 13.9 Å². The lowest BCUT2D eigenvalue weighted by Crippen LogP contribution is -2.39. The summed E-state index contributed by atoms with van der Waals surface area (Å²) in [6.45, 7) is 1.29. The molecular formula is C31H29BrN4O5S. The quantitative estimate of drug-likeness (QED) is 0.165. The maximum atomic E-state index is 13.4. The number of benzene rings is 4. The molecule has 0 spiro atoms. The van der Waals surface area contributed by atoms with Gasteiger partial charge in [-0.1, -0.05) is 64.5 Å². The van der Waals surface area contributed by atoms with Crippen LogP contribution in [0.3, 0.4) is 0 Å². The first-order valence-electron chi connectivity index (χ1n) is 12.9. The molecule has 216 valence electrons. The predicted octanol–water partition coefficient (Wildman–Crippen LogP) is 5.05. The van der Waals surface area contributed by atoms with E-state index in [0.29, 0.717) is 17.0 Å². The lowest BCUT2D eigenvalue weighted by molar-refractivity contribution is -0.123. The van der Waals surface area contributed by atoms with Gasteiger partial charge < -0.3 is 10.1 Å². The Bertz CT molecular complexity index is 1620. The average molecular weight is 650 g/mol. The highest BCUT2D eigenvalue weighted by Gasteiger charge is 2.27.